The highest BCUT2D eigenvalue weighted by Crippen LogP contribution is 2.33. The summed E-state index contributed by atoms with van der Waals surface area (Å²) in [6.07, 6.45) is 1.10. The lowest BCUT2D eigenvalue weighted by atomic mass is 10.2. The number of hydrogen-bond donors (Lipinski definition) is 2. The Morgan fingerprint density at radius 3 is 2.27 bits per heavy atom. The quantitative estimate of drug-likeness (QED) is 0.517. The Morgan fingerprint density at radius 1 is 1.00 bits per heavy atom. The lowest BCUT2D eigenvalue weighted by Crippen LogP contribution is -2.06. The molecule has 26 heavy (non-hydrogen) atoms. The van der Waals surface area contributed by atoms with E-state index in [1.165, 1.54) is 0 Å². The highest BCUT2D eigenvalue weighted by molar-refractivity contribution is 5.76. The maximum Gasteiger partial charge on any atom is 0.353 e. The van der Waals surface area contributed by atoms with Crippen LogP contribution in [-0.2, 0) is 0 Å². The van der Waals surface area contributed by atoms with Crippen molar-refractivity contribution in [3.05, 3.63) is 76.1 Å². The van der Waals surface area contributed by atoms with Gasteiger partial charge in [-0.2, -0.15) is 0 Å². The van der Waals surface area contributed by atoms with Gasteiger partial charge in [0.1, 0.15) is 18.0 Å². The maximum atomic E-state index is 13.8. The predicted molar refractivity (Wildman–Crippen MR) is 92.8 cm³/mol. The van der Waals surface area contributed by atoms with Crippen LogP contribution < -0.4 is 10.6 Å². The van der Waals surface area contributed by atoms with Gasteiger partial charge in [0.15, 0.2) is 0 Å². The van der Waals surface area contributed by atoms with Crippen molar-refractivity contribution in [3.63, 3.8) is 0 Å². The maximum absolute atomic E-state index is 13.8. The number of hydrogen-bond acceptors (Lipinski definition) is 6. The zero-order valence-electron chi connectivity index (χ0n) is 13.5. The van der Waals surface area contributed by atoms with Crippen LogP contribution in [0.5, 0.6) is 0 Å². The van der Waals surface area contributed by atoms with E-state index in [2.05, 4.69) is 20.6 Å². The highest BCUT2D eigenvalue weighted by atomic mass is 19.1. The molecule has 132 valence electrons. The Hall–Kier alpha value is -3.62. The molecule has 9 heteroatoms. The van der Waals surface area contributed by atoms with Crippen LogP contribution >= 0.6 is 0 Å². The lowest BCUT2D eigenvalue weighted by molar-refractivity contribution is -0.383. The van der Waals surface area contributed by atoms with Crippen molar-refractivity contribution in [1.82, 2.24) is 9.97 Å². The summed E-state index contributed by atoms with van der Waals surface area (Å²) in [6.45, 7) is 1.91. The molecule has 0 aliphatic carbocycles. The van der Waals surface area contributed by atoms with Crippen molar-refractivity contribution in [2.45, 2.75) is 6.92 Å². The molecule has 7 nitrogen and oxygen atoms in total. The van der Waals surface area contributed by atoms with E-state index in [-0.39, 0.29) is 17.3 Å². The van der Waals surface area contributed by atoms with Gasteiger partial charge in [-0.3, -0.25) is 10.1 Å². The summed E-state index contributed by atoms with van der Waals surface area (Å²) in [4.78, 5) is 18.5. The monoisotopic (exact) mass is 357 g/mol. The topological polar surface area (TPSA) is 93.0 Å². The predicted octanol–water partition coefficient (Wildman–Crippen LogP) is 4.46. The molecule has 2 N–H and O–H groups in total. The van der Waals surface area contributed by atoms with E-state index >= 15 is 0 Å². The summed E-state index contributed by atoms with van der Waals surface area (Å²) >= 11 is 0. The molecule has 0 fully saturated rings. The molecule has 3 aromatic rings. The molecule has 0 spiro atoms. The Balaban J connectivity index is 1.98. The van der Waals surface area contributed by atoms with Gasteiger partial charge in [0.25, 0.3) is 0 Å². The fourth-order valence-corrected chi connectivity index (χ4v) is 2.23. The van der Waals surface area contributed by atoms with Crippen molar-refractivity contribution in [2.75, 3.05) is 10.6 Å². The Morgan fingerprint density at radius 2 is 1.65 bits per heavy atom. The Bertz CT molecular complexity index is 964. The summed E-state index contributed by atoms with van der Waals surface area (Å²) in [5.41, 5.74) is 1.02. The van der Waals surface area contributed by atoms with E-state index < -0.39 is 22.2 Å². The molecular formula is C17H13F2N5O2. The highest BCUT2D eigenvalue weighted by Gasteiger charge is 2.24. The Kier molecular flexibility index (Phi) is 4.70. The first-order chi connectivity index (χ1) is 12.4. The normalized spacial score (nSPS) is 10.4. The van der Waals surface area contributed by atoms with Gasteiger partial charge in [0, 0.05) is 11.8 Å². The number of rotatable bonds is 5. The average molecular weight is 357 g/mol. The van der Waals surface area contributed by atoms with Gasteiger partial charge in [0.05, 0.1) is 10.6 Å². The van der Waals surface area contributed by atoms with Crippen LogP contribution in [0.3, 0.4) is 0 Å². The number of nitrogens with one attached hydrogen (secondary N) is 2. The summed E-state index contributed by atoms with van der Waals surface area (Å²) in [7, 11) is 0. The molecule has 0 aliphatic heterocycles. The van der Waals surface area contributed by atoms with Crippen molar-refractivity contribution in [1.29, 1.82) is 0 Å². The van der Waals surface area contributed by atoms with E-state index in [9.17, 15) is 18.9 Å². The van der Waals surface area contributed by atoms with Gasteiger partial charge in [-0.1, -0.05) is 17.7 Å². The molecule has 2 aromatic carbocycles. The van der Waals surface area contributed by atoms with E-state index in [0.29, 0.717) is 11.8 Å². The van der Waals surface area contributed by atoms with E-state index in [1.807, 2.05) is 19.1 Å². The minimum atomic E-state index is -0.897. The molecule has 0 saturated heterocycles. The van der Waals surface area contributed by atoms with Crippen LogP contribution in [0.1, 0.15) is 5.56 Å². The number of benzene rings is 2. The third-order valence-corrected chi connectivity index (χ3v) is 3.50. The van der Waals surface area contributed by atoms with Gasteiger partial charge < -0.3 is 10.6 Å². The number of anilines is 4. The first kappa shape index (κ1) is 17.2. The van der Waals surface area contributed by atoms with E-state index in [4.69, 9.17) is 0 Å². The SMILES string of the molecule is Cc1ccc(Nc2ncnc(Nc3ccc(F)cc3F)c2[N+](=O)[O-])cc1. The van der Waals surface area contributed by atoms with Gasteiger partial charge in [0.2, 0.25) is 11.6 Å². The molecule has 0 atom stereocenters. The van der Waals surface area contributed by atoms with Crippen LogP contribution in [0.25, 0.3) is 0 Å². The van der Waals surface area contributed by atoms with Crippen molar-refractivity contribution < 1.29 is 13.7 Å². The number of nitrogens with zero attached hydrogens (tertiary/aromatic N) is 3. The second kappa shape index (κ2) is 7.09. The first-order valence-electron chi connectivity index (χ1n) is 7.49. The number of halogens is 2. The summed E-state index contributed by atoms with van der Waals surface area (Å²) in [5, 5.41) is 16.9. The van der Waals surface area contributed by atoms with Crippen LogP contribution in [0, 0.1) is 28.7 Å². The molecular weight excluding hydrogens is 344 g/mol. The van der Waals surface area contributed by atoms with Crippen molar-refractivity contribution in [3.8, 4) is 0 Å². The zero-order chi connectivity index (χ0) is 18.7. The minimum Gasteiger partial charge on any atom is -0.334 e. The number of aryl methyl sites for hydroxylation is 1. The lowest BCUT2D eigenvalue weighted by Gasteiger charge is -2.11. The molecule has 1 heterocycles. The smallest absolute Gasteiger partial charge is 0.334 e. The van der Waals surface area contributed by atoms with Crippen LogP contribution in [-0.4, -0.2) is 14.9 Å². The summed E-state index contributed by atoms with van der Waals surface area (Å²) < 4.78 is 26.8. The molecule has 0 aliphatic rings. The van der Waals surface area contributed by atoms with Gasteiger partial charge in [-0.25, -0.2) is 18.7 Å². The molecule has 0 bridgehead atoms. The zero-order valence-corrected chi connectivity index (χ0v) is 13.5. The van der Waals surface area contributed by atoms with Gasteiger partial charge in [-0.05, 0) is 31.2 Å². The van der Waals surface area contributed by atoms with Crippen LogP contribution in [0.15, 0.2) is 48.8 Å². The fraction of sp³-hybridized carbons (Fsp3) is 0.0588. The first-order valence-corrected chi connectivity index (χ1v) is 7.49. The molecule has 0 amide bonds. The largest absolute Gasteiger partial charge is 0.353 e. The van der Waals surface area contributed by atoms with E-state index in [1.54, 1.807) is 12.1 Å². The molecule has 0 unspecified atom stereocenters. The third kappa shape index (κ3) is 3.72. The molecule has 0 radical (unpaired) electrons. The van der Waals surface area contributed by atoms with Crippen LogP contribution in [0.2, 0.25) is 0 Å². The molecule has 1 aromatic heterocycles. The number of aromatic nitrogens is 2. The molecule has 3 rings (SSSR count). The van der Waals surface area contributed by atoms with E-state index in [0.717, 1.165) is 24.0 Å². The second-order valence-electron chi connectivity index (χ2n) is 5.42. The average Bonchev–Trinajstić information content (AvgIpc) is 2.59. The Labute approximate surface area is 146 Å². The third-order valence-electron chi connectivity index (χ3n) is 3.50. The van der Waals surface area contributed by atoms with Gasteiger partial charge in [-0.15, -0.1) is 0 Å². The second-order valence-corrected chi connectivity index (χ2v) is 5.42. The molecule has 0 saturated carbocycles. The van der Waals surface area contributed by atoms with Crippen LogP contribution in [0.4, 0.5) is 37.5 Å². The standard InChI is InChI=1S/C17H13F2N5O2/c1-10-2-5-12(6-3-10)22-16-15(24(25)26)17(21-9-20-16)23-14-7-4-11(18)8-13(14)19/h2-9H,1H3,(H2,20,21,22,23). The fourth-order valence-electron chi connectivity index (χ4n) is 2.23. The van der Waals surface area contributed by atoms with Crippen molar-refractivity contribution >= 4 is 28.7 Å². The number of nitro groups is 1. The minimum absolute atomic E-state index is 0.0566. The van der Waals surface area contributed by atoms with Gasteiger partial charge >= 0.3 is 5.69 Å². The van der Waals surface area contributed by atoms with Crippen molar-refractivity contribution in [2.24, 2.45) is 0 Å². The summed E-state index contributed by atoms with van der Waals surface area (Å²) in [5.74, 6) is -1.93. The summed E-state index contributed by atoms with van der Waals surface area (Å²) in [6, 6.07) is 9.99.